The maximum absolute atomic E-state index is 6.00. The SMILES string of the molecule is C=C/C=C(\N=C)C(Cc1ccccc1)NCNc1cccc(Cl)c1. The maximum Gasteiger partial charge on any atom is 0.0658 e. The van der Waals surface area contributed by atoms with E-state index in [1.807, 2.05) is 48.5 Å². The van der Waals surface area contributed by atoms with Crippen molar-refractivity contribution in [3.63, 3.8) is 0 Å². The van der Waals surface area contributed by atoms with Crippen LogP contribution >= 0.6 is 11.6 Å². The highest BCUT2D eigenvalue weighted by molar-refractivity contribution is 6.30. The van der Waals surface area contributed by atoms with Crippen LogP contribution < -0.4 is 10.6 Å². The molecule has 0 aliphatic rings. The summed E-state index contributed by atoms with van der Waals surface area (Å²) in [7, 11) is 0. The van der Waals surface area contributed by atoms with Crippen LogP contribution in [0.2, 0.25) is 5.02 Å². The minimum atomic E-state index is 0.0367. The van der Waals surface area contributed by atoms with E-state index in [9.17, 15) is 0 Å². The van der Waals surface area contributed by atoms with E-state index in [2.05, 4.69) is 41.1 Å². The number of nitrogens with one attached hydrogen (secondary N) is 2. The van der Waals surface area contributed by atoms with E-state index in [1.54, 1.807) is 6.08 Å². The zero-order valence-corrected chi connectivity index (χ0v) is 14.3. The molecule has 3 nitrogen and oxygen atoms in total. The summed E-state index contributed by atoms with van der Waals surface area (Å²) in [5.74, 6) is 0. The second-order valence-corrected chi connectivity index (χ2v) is 5.73. The third kappa shape index (κ3) is 5.69. The van der Waals surface area contributed by atoms with Crippen molar-refractivity contribution in [2.45, 2.75) is 12.5 Å². The van der Waals surface area contributed by atoms with E-state index in [1.165, 1.54) is 5.56 Å². The molecular weight excluding hydrogens is 318 g/mol. The Balaban J connectivity index is 2.03. The highest BCUT2D eigenvalue weighted by atomic mass is 35.5. The zero-order valence-electron chi connectivity index (χ0n) is 13.6. The van der Waals surface area contributed by atoms with Crippen LogP contribution in [0.3, 0.4) is 0 Å². The summed E-state index contributed by atoms with van der Waals surface area (Å²) in [6.07, 6.45) is 4.43. The molecule has 0 amide bonds. The fraction of sp³-hybridized carbons (Fsp3) is 0.150. The Hall–Kier alpha value is -2.36. The van der Waals surface area contributed by atoms with Crippen LogP contribution in [0, 0.1) is 0 Å². The number of anilines is 1. The molecule has 2 aromatic carbocycles. The zero-order chi connectivity index (χ0) is 17.2. The van der Waals surface area contributed by atoms with Crippen molar-refractivity contribution in [2.24, 2.45) is 4.99 Å². The average molecular weight is 340 g/mol. The van der Waals surface area contributed by atoms with E-state index >= 15 is 0 Å². The Labute approximate surface area is 148 Å². The van der Waals surface area contributed by atoms with E-state index in [0.717, 1.165) is 17.8 Å². The molecule has 0 saturated carbocycles. The summed E-state index contributed by atoms with van der Waals surface area (Å²) in [5, 5.41) is 7.49. The summed E-state index contributed by atoms with van der Waals surface area (Å²) in [6.45, 7) is 8.01. The first-order valence-electron chi connectivity index (χ1n) is 7.79. The molecular formula is C20H22ClN3. The van der Waals surface area contributed by atoms with Crippen LogP contribution in [0.4, 0.5) is 5.69 Å². The molecule has 0 aromatic heterocycles. The third-order valence-corrected chi connectivity index (χ3v) is 3.81. The standard InChI is InChI=1S/C20H22ClN3/c1-3-8-19(22-2)20(13-16-9-5-4-6-10-16)24-15-23-18-12-7-11-17(21)14-18/h3-12,14,20,23-24H,1-2,13,15H2/b19-8-. The van der Waals surface area contributed by atoms with Crippen LogP contribution in [-0.4, -0.2) is 19.4 Å². The first-order valence-corrected chi connectivity index (χ1v) is 8.17. The van der Waals surface area contributed by atoms with Crippen LogP contribution in [0.1, 0.15) is 5.56 Å². The van der Waals surface area contributed by atoms with Crippen molar-refractivity contribution in [1.29, 1.82) is 0 Å². The molecule has 0 radical (unpaired) electrons. The van der Waals surface area contributed by atoms with E-state index in [-0.39, 0.29) is 6.04 Å². The molecule has 0 aliphatic carbocycles. The summed E-state index contributed by atoms with van der Waals surface area (Å²) in [5.41, 5.74) is 3.06. The van der Waals surface area contributed by atoms with Gasteiger partial charge in [-0.05, 0) is 43.0 Å². The Morgan fingerprint density at radius 3 is 2.62 bits per heavy atom. The number of allylic oxidation sites excluding steroid dienone is 2. The van der Waals surface area contributed by atoms with E-state index < -0.39 is 0 Å². The molecule has 0 bridgehead atoms. The lowest BCUT2D eigenvalue weighted by Gasteiger charge is -2.20. The van der Waals surface area contributed by atoms with Crippen molar-refractivity contribution < 1.29 is 0 Å². The molecule has 0 saturated heterocycles. The van der Waals surface area contributed by atoms with Gasteiger partial charge in [0.1, 0.15) is 0 Å². The number of hydrogen-bond acceptors (Lipinski definition) is 3. The van der Waals surface area contributed by atoms with Crippen molar-refractivity contribution in [3.8, 4) is 0 Å². The smallest absolute Gasteiger partial charge is 0.0658 e. The molecule has 1 atom stereocenters. The number of rotatable bonds is 9. The molecule has 2 rings (SSSR count). The quantitative estimate of drug-likeness (QED) is 0.395. The van der Waals surface area contributed by atoms with Crippen LogP contribution in [0.25, 0.3) is 0 Å². The van der Waals surface area contributed by atoms with Crippen LogP contribution in [-0.2, 0) is 6.42 Å². The van der Waals surface area contributed by atoms with Crippen molar-refractivity contribution in [2.75, 3.05) is 12.0 Å². The highest BCUT2D eigenvalue weighted by Gasteiger charge is 2.13. The highest BCUT2D eigenvalue weighted by Crippen LogP contribution is 2.15. The lowest BCUT2D eigenvalue weighted by Crippen LogP contribution is -2.36. The average Bonchev–Trinajstić information content (AvgIpc) is 2.60. The molecule has 0 aliphatic heterocycles. The van der Waals surface area contributed by atoms with Crippen LogP contribution in [0.5, 0.6) is 0 Å². The topological polar surface area (TPSA) is 36.4 Å². The number of aliphatic imine (C=N–C) groups is 1. The molecule has 0 fully saturated rings. The summed E-state index contributed by atoms with van der Waals surface area (Å²) in [4.78, 5) is 4.14. The number of benzene rings is 2. The third-order valence-electron chi connectivity index (χ3n) is 3.58. The summed E-state index contributed by atoms with van der Waals surface area (Å²) >= 11 is 6.00. The molecule has 0 spiro atoms. The fourth-order valence-corrected chi connectivity index (χ4v) is 2.60. The first kappa shape index (κ1) is 18.0. The first-order chi connectivity index (χ1) is 11.7. The number of halogens is 1. The van der Waals surface area contributed by atoms with E-state index in [0.29, 0.717) is 11.7 Å². The summed E-state index contributed by atoms with van der Waals surface area (Å²) < 4.78 is 0. The van der Waals surface area contributed by atoms with Gasteiger partial charge in [0.25, 0.3) is 0 Å². The van der Waals surface area contributed by atoms with Gasteiger partial charge in [-0.1, -0.05) is 60.7 Å². The largest absolute Gasteiger partial charge is 0.372 e. The molecule has 24 heavy (non-hydrogen) atoms. The van der Waals surface area contributed by atoms with E-state index in [4.69, 9.17) is 11.6 Å². The Bertz CT molecular complexity index is 695. The van der Waals surface area contributed by atoms with Crippen LogP contribution in [0.15, 0.2) is 84.0 Å². The maximum atomic E-state index is 6.00. The van der Waals surface area contributed by atoms with Crippen molar-refractivity contribution >= 4 is 24.0 Å². The molecule has 0 heterocycles. The molecule has 4 heteroatoms. The fourth-order valence-electron chi connectivity index (χ4n) is 2.41. The van der Waals surface area contributed by atoms with Gasteiger partial charge in [0, 0.05) is 10.7 Å². The summed E-state index contributed by atoms with van der Waals surface area (Å²) in [6, 6.07) is 18.0. The molecule has 124 valence electrons. The normalized spacial score (nSPS) is 12.5. The second kappa shape index (κ2) is 9.71. The lowest BCUT2D eigenvalue weighted by molar-refractivity contribution is 0.587. The van der Waals surface area contributed by atoms with Gasteiger partial charge in [-0.15, -0.1) is 0 Å². The van der Waals surface area contributed by atoms with Gasteiger partial charge in [0.05, 0.1) is 18.4 Å². The molecule has 2 N–H and O–H groups in total. The number of nitrogens with zero attached hydrogens (tertiary/aromatic N) is 1. The van der Waals surface area contributed by atoms with Gasteiger partial charge < -0.3 is 5.32 Å². The molecule has 2 aromatic rings. The minimum absolute atomic E-state index is 0.0367. The second-order valence-electron chi connectivity index (χ2n) is 5.30. The van der Waals surface area contributed by atoms with Gasteiger partial charge in [0.2, 0.25) is 0 Å². The minimum Gasteiger partial charge on any atom is -0.372 e. The van der Waals surface area contributed by atoms with Gasteiger partial charge in [0.15, 0.2) is 0 Å². The van der Waals surface area contributed by atoms with Gasteiger partial charge in [-0.25, -0.2) is 0 Å². The van der Waals surface area contributed by atoms with Crippen molar-refractivity contribution in [3.05, 3.63) is 89.6 Å². The monoisotopic (exact) mass is 339 g/mol. The van der Waals surface area contributed by atoms with Gasteiger partial charge in [-0.3, -0.25) is 10.3 Å². The van der Waals surface area contributed by atoms with Gasteiger partial charge >= 0.3 is 0 Å². The van der Waals surface area contributed by atoms with Gasteiger partial charge in [-0.2, -0.15) is 0 Å². The lowest BCUT2D eigenvalue weighted by atomic mass is 10.0. The predicted molar refractivity (Wildman–Crippen MR) is 105 cm³/mol. The van der Waals surface area contributed by atoms with Crippen molar-refractivity contribution in [1.82, 2.24) is 5.32 Å². The Morgan fingerprint density at radius 1 is 1.17 bits per heavy atom. The Kier molecular flexibility index (Phi) is 7.27. The molecule has 1 unspecified atom stereocenters. The Morgan fingerprint density at radius 2 is 1.96 bits per heavy atom. The number of hydrogen-bond donors (Lipinski definition) is 2. The predicted octanol–water partition coefficient (Wildman–Crippen LogP) is 4.68.